The van der Waals surface area contributed by atoms with Gasteiger partial charge in [0, 0.05) is 48.4 Å². The third-order valence-corrected chi connectivity index (χ3v) is 10.7. The average molecular weight is 747 g/mol. The molecule has 53 heavy (non-hydrogen) atoms. The van der Waals surface area contributed by atoms with Crippen molar-refractivity contribution in [3.63, 3.8) is 0 Å². The Hall–Kier alpha value is -5.44. The molecule has 274 valence electrons. The Balaban J connectivity index is 1.39. The molecule has 2 N–H and O–H groups in total. The molecule has 7 rings (SSSR count). The molecule has 6 aromatic rings. The van der Waals surface area contributed by atoms with Crippen molar-refractivity contribution in [2.45, 2.75) is 49.3 Å². The summed E-state index contributed by atoms with van der Waals surface area (Å²) in [5, 5.41) is 18.4. The van der Waals surface area contributed by atoms with Gasteiger partial charge >= 0.3 is 5.97 Å². The number of H-pyrrole nitrogens is 1. The minimum atomic E-state index is -3.35. The first-order chi connectivity index (χ1) is 25.3. The van der Waals surface area contributed by atoms with Crippen molar-refractivity contribution in [1.29, 1.82) is 0 Å². The van der Waals surface area contributed by atoms with Crippen LogP contribution in [-0.2, 0) is 30.2 Å². The molecule has 0 saturated heterocycles. The number of carbonyl (C=O) groups excluding carboxylic acids is 1. The number of aryl methyl sites for hydroxylation is 1. The lowest BCUT2D eigenvalue weighted by Gasteiger charge is -2.30. The summed E-state index contributed by atoms with van der Waals surface area (Å²) >= 11 is 1.18. The molecule has 10 nitrogen and oxygen atoms in total. The SMILES string of the molecule is CSC(Cc1cccc(C2(C)CCC(F)(F)COc3ccn(n3)Cc3c(c(F)cc4[nH]ccc34)C(=O)c3ccc(F)c(c3)-c3nc2nn3C)c1)C(=O)O. The Morgan fingerprint density at radius 1 is 1.08 bits per heavy atom. The molecule has 0 amide bonds. The summed E-state index contributed by atoms with van der Waals surface area (Å²) in [7, 11) is 1.52. The highest BCUT2D eigenvalue weighted by Gasteiger charge is 2.40. The van der Waals surface area contributed by atoms with Crippen LogP contribution < -0.4 is 4.74 Å². The number of aliphatic carboxylic acids is 1. The second-order valence-electron chi connectivity index (χ2n) is 13.4. The van der Waals surface area contributed by atoms with E-state index in [4.69, 9.17) is 9.72 Å². The largest absolute Gasteiger partial charge is 0.480 e. The van der Waals surface area contributed by atoms with E-state index in [1.54, 1.807) is 49.7 Å². The fourth-order valence-corrected chi connectivity index (χ4v) is 7.32. The lowest BCUT2D eigenvalue weighted by atomic mass is 9.76. The van der Waals surface area contributed by atoms with E-state index in [1.807, 2.05) is 0 Å². The van der Waals surface area contributed by atoms with Gasteiger partial charge in [0.05, 0.1) is 23.1 Å². The molecule has 0 radical (unpaired) electrons. The number of nitrogens with one attached hydrogen (secondary N) is 1. The summed E-state index contributed by atoms with van der Waals surface area (Å²) in [4.78, 5) is 33.6. The highest BCUT2D eigenvalue weighted by Crippen LogP contribution is 2.40. The molecule has 2 unspecified atom stereocenters. The number of carboxylic acids is 1. The number of carbonyl (C=O) groups is 2. The maximum atomic E-state index is 15.9. The summed E-state index contributed by atoms with van der Waals surface area (Å²) in [5.74, 6) is -6.56. The van der Waals surface area contributed by atoms with Crippen molar-refractivity contribution in [3.05, 3.63) is 118 Å². The number of fused-ring (bicyclic) bond motifs is 10. The number of ether oxygens (including phenoxy) is 1. The normalized spacial score (nSPS) is 18.1. The lowest BCUT2D eigenvalue weighted by molar-refractivity contribution is -0.136. The van der Waals surface area contributed by atoms with Crippen LogP contribution in [0.1, 0.15) is 58.2 Å². The van der Waals surface area contributed by atoms with Crippen LogP contribution in [0, 0.1) is 11.6 Å². The predicted molar refractivity (Wildman–Crippen MR) is 191 cm³/mol. The fourth-order valence-electron chi connectivity index (χ4n) is 6.75. The highest BCUT2D eigenvalue weighted by atomic mass is 32.2. The smallest absolute Gasteiger partial charge is 0.316 e. The van der Waals surface area contributed by atoms with Crippen LogP contribution in [0.5, 0.6) is 5.88 Å². The van der Waals surface area contributed by atoms with Crippen molar-refractivity contribution in [2.24, 2.45) is 7.05 Å². The van der Waals surface area contributed by atoms with Crippen LogP contribution in [0.25, 0.3) is 22.3 Å². The number of nitrogens with zero attached hydrogens (tertiary/aromatic N) is 5. The van der Waals surface area contributed by atoms with Crippen LogP contribution in [0.3, 0.4) is 0 Å². The van der Waals surface area contributed by atoms with E-state index < -0.39 is 53.0 Å². The number of aromatic amines is 1. The van der Waals surface area contributed by atoms with Crippen LogP contribution >= 0.6 is 11.8 Å². The fraction of sp³-hybridized carbons (Fsp3) is 0.289. The Morgan fingerprint density at radius 2 is 1.89 bits per heavy atom. The minimum absolute atomic E-state index is 0.0136. The monoisotopic (exact) mass is 746 g/mol. The van der Waals surface area contributed by atoms with E-state index in [9.17, 15) is 14.7 Å². The molecule has 4 heterocycles. The zero-order valence-electron chi connectivity index (χ0n) is 28.9. The van der Waals surface area contributed by atoms with Crippen molar-refractivity contribution in [2.75, 3.05) is 12.9 Å². The first-order valence-electron chi connectivity index (χ1n) is 16.7. The number of benzene rings is 3. The molecule has 15 heteroatoms. The molecule has 3 aromatic carbocycles. The third-order valence-electron chi connectivity index (χ3n) is 9.77. The molecule has 0 aliphatic carbocycles. The maximum Gasteiger partial charge on any atom is 0.316 e. The van der Waals surface area contributed by atoms with Gasteiger partial charge in [0.25, 0.3) is 5.92 Å². The minimum Gasteiger partial charge on any atom is -0.480 e. The molecule has 2 atom stereocenters. The van der Waals surface area contributed by atoms with Crippen LogP contribution in [-0.4, -0.2) is 70.4 Å². The lowest BCUT2D eigenvalue weighted by Crippen LogP contribution is -2.32. The quantitative estimate of drug-likeness (QED) is 0.178. The van der Waals surface area contributed by atoms with Crippen molar-refractivity contribution < 1.29 is 37.0 Å². The van der Waals surface area contributed by atoms with Gasteiger partial charge in [-0.3, -0.25) is 14.3 Å². The zero-order valence-corrected chi connectivity index (χ0v) is 29.7. The van der Waals surface area contributed by atoms with Gasteiger partial charge < -0.3 is 14.8 Å². The van der Waals surface area contributed by atoms with Crippen molar-refractivity contribution in [1.82, 2.24) is 29.5 Å². The Kier molecular flexibility index (Phi) is 9.39. The molecular weight excluding hydrogens is 713 g/mol. The predicted octanol–water partition coefficient (Wildman–Crippen LogP) is 7.19. The van der Waals surface area contributed by atoms with Gasteiger partial charge in [0.2, 0.25) is 5.88 Å². The van der Waals surface area contributed by atoms with E-state index in [2.05, 4.69) is 15.2 Å². The Morgan fingerprint density at radius 3 is 2.66 bits per heavy atom. The van der Waals surface area contributed by atoms with Crippen LogP contribution in [0.15, 0.2) is 73.1 Å². The first-order valence-corrected chi connectivity index (χ1v) is 18.0. The summed E-state index contributed by atoms with van der Waals surface area (Å²) in [6.07, 6.45) is 4.12. The number of hydrogen-bond acceptors (Lipinski definition) is 7. The number of rotatable bonds is 5. The number of thioether (sulfide) groups is 1. The van der Waals surface area contributed by atoms with Crippen LogP contribution in [0.2, 0.25) is 0 Å². The summed E-state index contributed by atoms with van der Waals surface area (Å²) in [6, 6.07) is 14.9. The van der Waals surface area contributed by atoms with Gasteiger partial charge in [-0.05, 0) is 73.0 Å². The number of hydrogen-bond donors (Lipinski definition) is 2. The highest BCUT2D eigenvalue weighted by molar-refractivity contribution is 7.99. The summed E-state index contributed by atoms with van der Waals surface area (Å²) in [6.45, 7) is 0.598. The van der Waals surface area contributed by atoms with E-state index in [1.165, 1.54) is 58.6 Å². The van der Waals surface area contributed by atoms with Crippen LogP contribution in [0.4, 0.5) is 17.6 Å². The number of ketones is 1. The molecular formula is C38H34F4N6O4S. The maximum absolute atomic E-state index is 15.9. The molecule has 3 aromatic heterocycles. The zero-order chi connectivity index (χ0) is 37.7. The standard InChI is InChI=1S/C38H34F4N6O4S/c1-37(23-6-4-5-21(15-23)16-30(53-3)35(50)51)11-12-38(41,42)20-52-31-10-14-48(45-31)19-26-24-9-13-43-29(24)18-28(40)32(26)33(49)22-7-8-27(39)25(17-22)34-44-36(37)46-47(34)2/h4-10,13-15,17-18,30,43H,11-12,16,19-20H2,1-3H3,(H,50,51). The molecule has 0 fully saturated rings. The third kappa shape index (κ3) is 6.92. The Labute approximate surface area is 305 Å². The Bertz CT molecular complexity index is 2370. The second kappa shape index (κ2) is 13.8. The molecule has 6 bridgehead atoms. The molecule has 1 aliphatic heterocycles. The van der Waals surface area contributed by atoms with Gasteiger partial charge in [-0.25, -0.2) is 27.2 Å². The van der Waals surface area contributed by atoms with E-state index in [0.717, 1.165) is 6.07 Å². The van der Waals surface area contributed by atoms with Crippen molar-refractivity contribution in [3.8, 4) is 17.3 Å². The van der Waals surface area contributed by atoms with E-state index in [0.29, 0.717) is 22.0 Å². The first kappa shape index (κ1) is 35.9. The van der Waals surface area contributed by atoms with E-state index in [-0.39, 0.29) is 59.2 Å². The number of aromatic nitrogens is 6. The summed E-state index contributed by atoms with van der Waals surface area (Å²) < 4.78 is 71.1. The van der Waals surface area contributed by atoms with Gasteiger partial charge in [-0.2, -0.15) is 5.10 Å². The van der Waals surface area contributed by atoms with Gasteiger partial charge in [-0.1, -0.05) is 24.3 Å². The molecule has 0 saturated carbocycles. The van der Waals surface area contributed by atoms with Gasteiger partial charge in [-0.15, -0.1) is 16.9 Å². The number of carboxylic acid groups (broad SMARTS) is 1. The number of alkyl halides is 2. The van der Waals surface area contributed by atoms with Gasteiger partial charge in [0.1, 0.15) is 16.9 Å². The van der Waals surface area contributed by atoms with Gasteiger partial charge in [0.15, 0.2) is 24.0 Å². The molecule has 1 aliphatic rings. The van der Waals surface area contributed by atoms with Crippen molar-refractivity contribution >= 4 is 34.4 Å². The second-order valence-corrected chi connectivity index (χ2v) is 14.4. The average Bonchev–Trinajstić information content (AvgIpc) is 3.89. The topological polar surface area (TPSA) is 128 Å². The molecule has 0 spiro atoms. The summed E-state index contributed by atoms with van der Waals surface area (Å²) in [5.41, 5.74) is 0.274. The number of halogens is 4. The van der Waals surface area contributed by atoms with E-state index >= 15 is 17.6 Å².